The molecule has 2 N–H and O–H groups in total. The smallest absolute Gasteiger partial charge is 0.138 e. The van der Waals surface area contributed by atoms with Gasteiger partial charge < -0.3 is 10.5 Å². The van der Waals surface area contributed by atoms with Gasteiger partial charge in [-0.25, -0.2) is 0 Å². The maximum absolute atomic E-state index is 6.10. The fourth-order valence-corrected chi connectivity index (χ4v) is 2.85. The van der Waals surface area contributed by atoms with Crippen molar-refractivity contribution in [2.24, 2.45) is 11.1 Å². The van der Waals surface area contributed by atoms with Gasteiger partial charge in [0, 0.05) is 6.04 Å². The Morgan fingerprint density at radius 2 is 2.11 bits per heavy atom. The molecular formula is C15H20ClNO. The first-order valence-electron chi connectivity index (χ1n) is 6.21. The van der Waals surface area contributed by atoms with Crippen molar-refractivity contribution < 1.29 is 4.74 Å². The zero-order chi connectivity index (χ0) is 13.3. The highest BCUT2D eigenvalue weighted by Gasteiger charge is 2.27. The average Bonchev–Trinajstić information content (AvgIpc) is 2.27. The van der Waals surface area contributed by atoms with Crippen molar-refractivity contribution in [2.45, 2.75) is 32.7 Å². The molecule has 0 bridgehead atoms. The largest absolute Gasteiger partial charge is 0.495 e. The number of benzene rings is 1. The zero-order valence-corrected chi connectivity index (χ0v) is 11.9. The van der Waals surface area contributed by atoms with Crippen LogP contribution in [0.25, 0.3) is 5.57 Å². The summed E-state index contributed by atoms with van der Waals surface area (Å²) in [5.74, 6) is 0.715. The highest BCUT2D eigenvalue weighted by atomic mass is 35.5. The summed E-state index contributed by atoms with van der Waals surface area (Å²) in [4.78, 5) is 0. The van der Waals surface area contributed by atoms with Gasteiger partial charge in [-0.2, -0.15) is 0 Å². The first-order chi connectivity index (χ1) is 8.41. The highest BCUT2D eigenvalue weighted by molar-refractivity contribution is 6.32. The summed E-state index contributed by atoms with van der Waals surface area (Å²) >= 11 is 6.05. The van der Waals surface area contributed by atoms with Crippen LogP contribution in [0.4, 0.5) is 0 Å². The van der Waals surface area contributed by atoms with E-state index in [1.165, 1.54) is 5.57 Å². The molecule has 1 aromatic rings. The van der Waals surface area contributed by atoms with E-state index >= 15 is 0 Å². The number of halogens is 1. The van der Waals surface area contributed by atoms with Crippen molar-refractivity contribution in [1.29, 1.82) is 0 Å². The molecule has 0 saturated carbocycles. The minimum atomic E-state index is 0.130. The number of hydrogen-bond donors (Lipinski definition) is 1. The fourth-order valence-electron chi connectivity index (χ4n) is 2.66. The molecule has 0 heterocycles. The van der Waals surface area contributed by atoms with Gasteiger partial charge in [-0.15, -0.1) is 0 Å². The van der Waals surface area contributed by atoms with Crippen LogP contribution in [0.2, 0.25) is 5.02 Å². The molecule has 1 atom stereocenters. The number of allylic oxidation sites excluding steroid dienone is 1. The van der Waals surface area contributed by atoms with Gasteiger partial charge in [0.2, 0.25) is 0 Å². The van der Waals surface area contributed by atoms with Crippen LogP contribution < -0.4 is 10.5 Å². The van der Waals surface area contributed by atoms with Gasteiger partial charge in [-0.05, 0) is 41.5 Å². The van der Waals surface area contributed by atoms with Gasteiger partial charge in [-0.3, -0.25) is 0 Å². The lowest BCUT2D eigenvalue weighted by molar-refractivity contribution is 0.318. The van der Waals surface area contributed by atoms with Gasteiger partial charge in [0.05, 0.1) is 12.1 Å². The van der Waals surface area contributed by atoms with E-state index in [2.05, 4.69) is 19.9 Å². The lowest BCUT2D eigenvalue weighted by Crippen LogP contribution is -2.30. The number of methoxy groups -OCH3 is 1. The molecule has 0 saturated heterocycles. The van der Waals surface area contributed by atoms with Crippen LogP contribution in [-0.4, -0.2) is 13.2 Å². The lowest BCUT2D eigenvalue weighted by atomic mass is 9.74. The number of hydrogen-bond acceptors (Lipinski definition) is 2. The Kier molecular flexibility index (Phi) is 3.69. The van der Waals surface area contributed by atoms with Crippen LogP contribution in [0.15, 0.2) is 24.3 Å². The molecule has 1 unspecified atom stereocenters. The Balaban J connectivity index is 2.37. The lowest BCUT2D eigenvalue weighted by Gasteiger charge is -2.33. The molecule has 0 aliphatic heterocycles. The second-order valence-electron chi connectivity index (χ2n) is 5.75. The van der Waals surface area contributed by atoms with Crippen LogP contribution in [-0.2, 0) is 0 Å². The summed E-state index contributed by atoms with van der Waals surface area (Å²) in [6.45, 7) is 4.51. The fraction of sp³-hybridized carbons (Fsp3) is 0.467. The molecule has 18 heavy (non-hydrogen) atoms. The predicted octanol–water partition coefficient (Wildman–Crippen LogP) is 3.88. The van der Waals surface area contributed by atoms with Gasteiger partial charge in [0.15, 0.2) is 0 Å². The minimum Gasteiger partial charge on any atom is -0.495 e. The first-order valence-corrected chi connectivity index (χ1v) is 6.59. The Labute approximate surface area is 114 Å². The van der Waals surface area contributed by atoms with Gasteiger partial charge >= 0.3 is 0 Å². The van der Waals surface area contributed by atoms with Crippen LogP contribution >= 0.6 is 11.6 Å². The van der Waals surface area contributed by atoms with Crippen molar-refractivity contribution in [1.82, 2.24) is 0 Å². The third kappa shape index (κ3) is 2.88. The van der Waals surface area contributed by atoms with E-state index in [1.807, 2.05) is 18.2 Å². The van der Waals surface area contributed by atoms with E-state index < -0.39 is 0 Å². The molecule has 1 aliphatic rings. The predicted molar refractivity (Wildman–Crippen MR) is 77.0 cm³/mol. The normalized spacial score (nSPS) is 22.5. The van der Waals surface area contributed by atoms with E-state index in [0.717, 1.165) is 18.4 Å². The molecule has 0 amide bonds. The first kappa shape index (κ1) is 13.4. The Hall–Kier alpha value is -0.990. The van der Waals surface area contributed by atoms with Crippen LogP contribution in [0.5, 0.6) is 5.75 Å². The molecule has 1 aliphatic carbocycles. The van der Waals surface area contributed by atoms with Gasteiger partial charge in [0.1, 0.15) is 5.75 Å². The quantitative estimate of drug-likeness (QED) is 0.881. The molecule has 0 fully saturated rings. The maximum atomic E-state index is 6.10. The number of nitrogens with two attached hydrogens (primary N) is 1. The van der Waals surface area contributed by atoms with Crippen molar-refractivity contribution in [3.8, 4) is 5.75 Å². The molecule has 98 valence electrons. The maximum Gasteiger partial charge on any atom is 0.138 e. The van der Waals surface area contributed by atoms with Gasteiger partial charge in [-0.1, -0.05) is 37.6 Å². The topological polar surface area (TPSA) is 35.2 Å². The zero-order valence-electron chi connectivity index (χ0n) is 11.2. The third-order valence-corrected chi connectivity index (χ3v) is 3.71. The second-order valence-corrected chi connectivity index (χ2v) is 6.16. The van der Waals surface area contributed by atoms with E-state index in [0.29, 0.717) is 10.8 Å². The van der Waals surface area contributed by atoms with Crippen LogP contribution in [0, 0.1) is 5.41 Å². The molecule has 0 radical (unpaired) electrons. The summed E-state index contributed by atoms with van der Waals surface area (Å²) < 4.78 is 5.26. The Bertz CT molecular complexity index is 479. The van der Waals surface area contributed by atoms with Crippen molar-refractivity contribution in [2.75, 3.05) is 7.11 Å². The summed E-state index contributed by atoms with van der Waals surface area (Å²) in [6.07, 6.45) is 4.22. The van der Waals surface area contributed by atoms with Crippen molar-refractivity contribution in [3.05, 3.63) is 34.9 Å². The van der Waals surface area contributed by atoms with E-state index in [1.54, 1.807) is 7.11 Å². The van der Waals surface area contributed by atoms with Crippen LogP contribution in [0.3, 0.4) is 0 Å². The highest BCUT2D eigenvalue weighted by Crippen LogP contribution is 2.40. The molecule has 0 aromatic heterocycles. The Morgan fingerprint density at radius 1 is 1.39 bits per heavy atom. The molecule has 2 rings (SSSR count). The minimum absolute atomic E-state index is 0.130. The summed E-state index contributed by atoms with van der Waals surface area (Å²) in [6, 6.07) is 6.03. The molecule has 2 nitrogen and oxygen atoms in total. The summed E-state index contributed by atoms with van der Waals surface area (Å²) in [5.41, 5.74) is 8.79. The number of ether oxygens (including phenoxy) is 1. The molecule has 1 aromatic carbocycles. The molecule has 3 heteroatoms. The van der Waals surface area contributed by atoms with Crippen molar-refractivity contribution in [3.63, 3.8) is 0 Å². The van der Waals surface area contributed by atoms with E-state index in [4.69, 9.17) is 22.1 Å². The van der Waals surface area contributed by atoms with E-state index in [9.17, 15) is 0 Å². The SMILES string of the molecule is COc1cc(C2=CC(N)CC(C)(C)C2)ccc1Cl. The van der Waals surface area contributed by atoms with Crippen LogP contribution in [0.1, 0.15) is 32.3 Å². The van der Waals surface area contributed by atoms with Gasteiger partial charge in [0.25, 0.3) is 0 Å². The number of rotatable bonds is 2. The van der Waals surface area contributed by atoms with E-state index in [-0.39, 0.29) is 11.5 Å². The summed E-state index contributed by atoms with van der Waals surface area (Å²) in [5, 5.41) is 0.640. The monoisotopic (exact) mass is 265 g/mol. The summed E-state index contributed by atoms with van der Waals surface area (Å²) in [7, 11) is 1.63. The third-order valence-electron chi connectivity index (χ3n) is 3.39. The van der Waals surface area contributed by atoms with Crippen molar-refractivity contribution >= 4 is 17.2 Å². The Morgan fingerprint density at radius 3 is 2.72 bits per heavy atom. The standard InChI is InChI=1S/C15H20ClNO/c1-15(2)8-11(6-12(17)9-15)10-4-5-13(16)14(7-10)18-3/h4-7,12H,8-9,17H2,1-3H3. The molecular weight excluding hydrogens is 246 g/mol. The average molecular weight is 266 g/mol. The second kappa shape index (κ2) is 4.94. The molecule has 0 spiro atoms.